The molecule has 0 aliphatic rings. The summed E-state index contributed by atoms with van der Waals surface area (Å²) in [6, 6.07) is 2.71. The Bertz CT molecular complexity index is 473. The van der Waals surface area contributed by atoms with Crippen LogP contribution in [0.1, 0.15) is 79.6 Å². The maximum absolute atomic E-state index is 11.5. The van der Waals surface area contributed by atoms with Crippen LogP contribution in [0.2, 0.25) is 0 Å². The fourth-order valence-corrected chi connectivity index (χ4v) is 4.27. The van der Waals surface area contributed by atoms with E-state index in [-0.39, 0.29) is 18.1 Å². The maximum Gasteiger partial charge on any atom is 0.259 e. The number of carbonyl (C=O) groups is 2. The molecular formula is C20H38N3O4P. The fraction of sp³-hybridized carbons (Fsp3) is 0.850. The van der Waals surface area contributed by atoms with Gasteiger partial charge in [0.2, 0.25) is 5.91 Å². The molecule has 0 saturated carbocycles. The summed E-state index contributed by atoms with van der Waals surface area (Å²) in [5.74, 6) is -0.0126. The van der Waals surface area contributed by atoms with Crippen molar-refractivity contribution in [1.82, 2.24) is 9.99 Å². The SMILES string of the molecule is CC(=O)CCC(=O)NCCCCCCOP(OCCC#N)N(C(C)C)C(C)C. The largest absolute Gasteiger partial charge is 0.356 e. The molecule has 0 aliphatic heterocycles. The molecule has 1 amide bonds. The van der Waals surface area contributed by atoms with Gasteiger partial charge in [0.15, 0.2) is 0 Å². The number of hydrogen-bond donors (Lipinski definition) is 1. The molecular weight excluding hydrogens is 377 g/mol. The number of nitrogens with one attached hydrogen (secondary N) is 1. The zero-order chi connectivity index (χ0) is 21.4. The normalized spacial score (nSPS) is 12.4. The highest BCUT2D eigenvalue weighted by molar-refractivity contribution is 7.44. The number of unbranched alkanes of at least 4 members (excludes halogenated alkanes) is 3. The van der Waals surface area contributed by atoms with E-state index in [0.717, 1.165) is 25.7 Å². The molecule has 0 aliphatic carbocycles. The van der Waals surface area contributed by atoms with Crippen molar-refractivity contribution in [2.45, 2.75) is 91.6 Å². The fourth-order valence-electron chi connectivity index (χ4n) is 2.64. The highest BCUT2D eigenvalue weighted by Gasteiger charge is 2.26. The van der Waals surface area contributed by atoms with E-state index in [1.165, 1.54) is 6.92 Å². The van der Waals surface area contributed by atoms with Gasteiger partial charge >= 0.3 is 0 Å². The van der Waals surface area contributed by atoms with Crippen LogP contribution in [-0.2, 0) is 18.6 Å². The first kappa shape index (κ1) is 26.9. The molecule has 8 heteroatoms. The molecule has 0 spiro atoms. The smallest absolute Gasteiger partial charge is 0.259 e. The van der Waals surface area contributed by atoms with Crippen molar-refractivity contribution < 1.29 is 18.6 Å². The minimum Gasteiger partial charge on any atom is -0.356 e. The van der Waals surface area contributed by atoms with Crippen molar-refractivity contribution in [3.8, 4) is 6.07 Å². The van der Waals surface area contributed by atoms with Crippen molar-refractivity contribution in [2.24, 2.45) is 0 Å². The van der Waals surface area contributed by atoms with Gasteiger partial charge in [-0.2, -0.15) is 5.26 Å². The molecule has 7 nitrogen and oxygen atoms in total. The van der Waals surface area contributed by atoms with Crippen LogP contribution in [0.25, 0.3) is 0 Å². The van der Waals surface area contributed by atoms with Gasteiger partial charge in [-0.15, -0.1) is 0 Å². The van der Waals surface area contributed by atoms with E-state index in [4.69, 9.17) is 14.3 Å². The summed E-state index contributed by atoms with van der Waals surface area (Å²) in [4.78, 5) is 22.4. The first-order valence-corrected chi connectivity index (χ1v) is 11.4. The van der Waals surface area contributed by atoms with Gasteiger partial charge in [-0.05, 0) is 47.5 Å². The van der Waals surface area contributed by atoms with Crippen LogP contribution >= 0.6 is 8.53 Å². The summed E-state index contributed by atoms with van der Waals surface area (Å²) in [6.45, 7) is 11.6. The number of amides is 1. The Hall–Kier alpha value is -1.06. The Morgan fingerprint density at radius 2 is 1.61 bits per heavy atom. The van der Waals surface area contributed by atoms with Crippen LogP contribution in [0, 0.1) is 11.3 Å². The number of hydrogen-bond acceptors (Lipinski definition) is 6. The number of nitriles is 1. The molecule has 0 aromatic heterocycles. The second-order valence-corrected chi connectivity index (χ2v) is 8.80. The Balaban J connectivity index is 4.02. The van der Waals surface area contributed by atoms with Gasteiger partial charge in [0.1, 0.15) is 5.78 Å². The second kappa shape index (κ2) is 16.9. The van der Waals surface area contributed by atoms with Crippen molar-refractivity contribution >= 4 is 20.2 Å². The monoisotopic (exact) mass is 415 g/mol. The third-order valence-electron chi connectivity index (χ3n) is 3.96. The van der Waals surface area contributed by atoms with Gasteiger partial charge in [0, 0.05) is 31.5 Å². The van der Waals surface area contributed by atoms with Gasteiger partial charge in [-0.1, -0.05) is 12.8 Å². The quantitative estimate of drug-likeness (QED) is 0.281. The van der Waals surface area contributed by atoms with E-state index in [9.17, 15) is 9.59 Å². The third-order valence-corrected chi connectivity index (χ3v) is 6.07. The molecule has 1 N–H and O–H groups in total. The predicted molar refractivity (Wildman–Crippen MR) is 113 cm³/mol. The van der Waals surface area contributed by atoms with E-state index in [1.807, 2.05) is 0 Å². The van der Waals surface area contributed by atoms with Gasteiger partial charge in [-0.3, -0.25) is 4.79 Å². The molecule has 1 atom stereocenters. The number of Topliss-reactive ketones (excluding diaryl/α,β-unsaturated/α-hetero) is 1. The summed E-state index contributed by atoms with van der Waals surface area (Å²) < 4.78 is 14.1. The number of nitrogens with zero attached hydrogens (tertiary/aromatic N) is 2. The van der Waals surface area contributed by atoms with Crippen molar-refractivity contribution in [2.75, 3.05) is 19.8 Å². The molecule has 162 valence electrons. The molecule has 0 saturated heterocycles. The summed E-state index contributed by atoms with van der Waals surface area (Å²) in [6.07, 6.45) is 4.85. The topological polar surface area (TPSA) is 91.7 Å². The van der Waals surface area contributed by atoms with Crippen molar-refractivity contribution in [3.63, 3.8) is 0 Å². The summed E-state index contributed by atoms with van der Waals surface area (Å²) in [5.41, 5.74) is 0. The second-order valence-electron chi connectivity index (χ2n) is 7.35. The minimum absolute atomic E-state index is 0.0419. The zero-order valence-corrected chi connectivity index (χ0v) is 19.1. The van der Waals surface area contributed by atoms with E-state index >= 15 is 0 Å². The first-order chi connectivity index (χ1) is 13.3. The highest BCUT2D eigenvalue weighted by Crippen LogP contribution is 2.46. The van der Waals surface area contributed by atoms with Crippen LogP contribution in [-0.4, -0.2) is 48.2 Å². The molecule has 0 fully saturated rings. The Morgan fingerprint density at radius 3 is 2.18 bits per heavy atom. The summed E-state index contributed by atoms with van der Waals surface area (Å²) in [5, 5.41) is 11.6. The maximum atomic E-state index is 11.5. The van der Waals surface area contributed by atoms with Crippen LogP contribution < -0.4 is 5.32 Å². The molecule has 0 heterocycles. The van der Waals surface area contributed by atoms with Crippen LogP contribution in [0.4, 0.5) is 0 Å². The van der Waals surface area contributed by atoms with Gasteiger partial charge in [0.25, 0.3) is 8.53 Å². The minimum atomic E-state index is -1.16. The molecule has 0 bridgehead atoms. The van der Waals surface area contributed by atoms with Gasteiger partial charge in [-0.25, -0.2) is 4.67 Å². The lowest BCUT2D eigenvalue weighted by Crippen LogP contribution is -2.33. The average molecular weight is 416 g/mol. The standard InChI is InChI=1S/C20H38N3O4P/c1-17(2)23(18(3)4)28(27-16-10-13-21)26-15-9-7-6-8-14-22-20(25)12-11-19(5)24/h17-18H,6-12,14-16H2,1-5H3,(H,22,25). The van der Waals surface area contributed by atoms with E-state index in [0.29, 0.717) is 44.7 Å². The molecule has 28 heavy (non-hydrogen) atoms. The Kier molecular flexibility index (Phi) is 16.2. The highest BCUT2D eigenvalue weighted by atomic mass is 31.2. The lowest BCUT2D eigenvalue weighted by Gasteiger charge is -2.35. The summed E-state index contributed by atoms with van der Waals surface area (Å²) >= 11 is 0. The third kappa shape index (κ3) is 14.0. The molecule has 0 aromatic carbocycles. The molecule has 0 aromatic rings. The lowest BCUT2D eigenvalue weighted by atomic mass is 10.2. The number of carbonyl (C=O) groups excluding carboxylic acids is 2. The number of rotatable bonds is 17. The predicted octanol–water partition coefficient (Wildman–Crippen LogP) is 4.32. The zero-order valence-electron chi connectivity index (χ0n) is 18.2. The Labute approximate surface area is 172 Å². The first-order valence-electron chi connectivity index (χ1n) is 10.3. The van der Waals surface area contributed by atoms with Crippen LogP contribution in [0.3, 0.4) is 0 Å². The molecule has 0 rings (SSSR count). The van der Waals surface area contributed by atoms with E-state index in [1.54, 1.807) is 0 Å². The average Bonchev–Trinajstić information content (AvgIpc) is 2.61. The van der Waals surface area contributed by atoms with Crippen molar-refractivity contribution in [1.29, 1.82) is 5.26 Å². The van der Waals surface area contributed by atoms with Crippen LogP contribution in [0.5, 0.6) is 0 Å². The summed E-state index contributed by atoms with van der Waals surface area (Å²) in [7, 11) is -1.16. The molecule has 1 unspecified atom stereocenters. The van der Waals surface area contributed by atoms with Gasteiger partial charge < -0.3 is 19.2 Å². The van der Waals surface area contributed by atoms with E-state index < -0.39 is 8.53 Å². The Morgan fingerprint density at radius 1 is 1.00 bits per heavy atom. The molecule has 0 radical (unpaired) electrons. The lowest BCUT2D eigenvalue weighted by molar-refractivity contribution is -0.124. The van der Waals surface area contributed by atoms with E-state index in [2.05, 4.69) is 43.8 Å². The number of ketones is 1. The van der Waals surface area contributed by atoms with Crippen LogP contribution in [0.15, 0.2) is 0 Å². The van der Waals surface area contributed by atoms with Gasteiger partial charge in [0.05, 0.1) is 25.7 Å². The van der Waals surface area contributed by atoms with Crippen molar-refractivity contribution in [3.05, 3.63) is 0 Å².